The number of urea groups is 1. The van der Waals surface area contributed by atoms with E-state index in [1.165, 1.54) is 4.90 Å². The first-order valence-electron chi connectivity index (χ1n) is 7.76. The third kappa shape index (κ3) is 3.18. The first-order chi connectivity index (χ1) is 10.0. The average Bonchev–Trinajstić information content (AvgIpc) is 2.68. The molecule has 0 aromatic rings. The van der Waals surface area contributed by atoms with Gasteiger partial charge in [-0.3, -0.25) is 9.69 Å². The molecule has 3 amide bonds. The molecule has 1 saturated heterocycles. The van der Waals surface area contributed by atoms with Crippen LogP contribution in [0.15, 0.2) is 0 Å². The zero-order valence-corrected chi connectivity index (χ0v) is 12.9. The van der Waals surface area contributed by atoms with Crippen LogP contribution in [0, 0.1) is 17.2 Å². The minimum atomic E-state index is -0.686. The van der Waals surface area contributed by atoms with Crippen LogP contribution in [0.2, 0.25) is 0 Å². The maximum atomic E-state index is 12.7. The highest BCUT2D eigenvalue weighted by Gasteiger charge is 2.52. The molecule has 116 valence electrons. The highest BCUT2D eigenvalue weighted by atomic mass is 16.2. The minimum absolute atomic E-state index is 0.113. The molecule has 6 heteroatoms. The second kappa shape index (κ2) is 6.44. The van der Waals surface area contributed by atoms with Gasteiger partial charge in [0.25, 0.3) is 5.91 Å². The van der Waals surface area contributed by atoms with E-state index in [1.807, 2.05) is 11.8 Å². The van der Waals surface area contributed by atoms with Crippen LogP contribution in [0.25, 0.3) is 0 Å². The molecule has 1 saturated carbocycles. The lowest BCUT2D eigenvalue weighted by Gasteiger charge is -2.33. The van der Waals surface area contributed by atoms with Crippen LogP contribution in [0.5, 0.6) is 0 Å². The summed E-state index contributed by atoms with van der Waals surface area (Å²) in [6, 6.07) is 1.78. The van der Waals surface area contributed by atoms with E-state index in [4.69, 9.17) is 5.26 Å². The molecule has 0 bridgehead atoms. The molecule has 1 aliphatic heterocycles. The number of rotatable bonds is 5. The van der Waals surface area contributed by atoms with Crippen molar-refractivity contribution < 1.29 is 9.59 Å². The van der Waals surface area contributed by atoms with E-state index < -0.39 is 5.54 Å². The lowest BCUT2D eigenvalue weighted by atomic mass is 9.77. The van der Waals surface area contributed by atoms with Crippen molar-refractivity contribution in [1.29, 1.82) is 5.26 Å². The molecule has 2 rings (SSSR count). The first kappa shape index (κ1) is 15.8. The van der Waals surface area contributed by atoms with Crippen molar-refractivity contribution in [2.75, 3.05) is 19.8 Å². The van der Waals surface area contributed by atoms with Gasteiger partial charge in [-0.15, -0.1) is 0 Å². The summed E-state index contributed by atoms with van der Waals surface area (Å²) in [4.78, 5) is 28.0. The van der Waals surface area contributed by atoms with Crippen molar-refractivity contribution in [1.82, 2.24) is 15.1 Å². The van der Waals surface area contributed by atoms with Gasteiger partial charge in [0.05, 0.1) is 19.3 Å². The molecule has 6 nitrogen and oxygen atoms in total. The van der Waals surface area contributed by atoms with E-state index in [-0.39, 0.29) is 25.2 Å². The zero-order chi connectivity index (χ0) is 15.5. The maximum absolute atomic E-state index is 12.7. The summed E-state index contributed by atoms with van der Waals surface area (Å²) in [6.45, 7) is 5.34. The smallest absolute Gasteiger partial charge is 0.323 e. The number of nitrogens with zero attached hydrogens (tertiary/aromatic N) is 3. The predicted molar refractivity (Wildman–Crippen MR) is 78.1 cm³/mol. The first-order valence-corrected chi connectivity index (χ1v) is 7.76. The fourth-order valence-corrected chi connectivity index (χ4v) is 3.21. The quantitative estimate of drug-likeness (QED) is 0.618. The fourth-order valence-electron chi connectivity index (χ4n) is 3.21. The lowest BCUT2D eigenvalue weighted by Crippen LogP contribution is -2.50. The Kier molecular flexibility index (Phi) is 4.84. The van der Waals surface area contributed by atoms with Crippen LogP contribution in [-0.4, -0.2) is 47.0 Å². The van der Waals surface area contributed by atoms with Crippen LogP contribution >= 0.6 is 0 Å². The Labute approximate surface area is 126 Å². The number of nitriles is 1. The van der Waals surface area contributed by atoms with Crippen molar-refractivity contribution in [2.24, 2.45) is 5.92 Å². The van der Waals surface area contributed by atoms with E-state index in [9.17, 15) is 9.59 Å². The Balaban J connectivity index is 2.06. The second-order valence-electron chi connectivity index (χ2n) is 6.28. The molecule has 2 aliphatic rings. The van der Waals surface area contributed by atoms with Crippen LogP contribution in [0.1, 0.15) is 46.0 Å². The molecule has 0 radical (unpaired) electrons. The number of hydrogen-bond acceptors (Lipinski definition) is 4. The molecule has 0 unspecified atom stereocenters. The fraction of sp³-hybridized carbons (Fsp3) is 0.800. The molecule has 0 aromatic heterocycles. The van der Waals surface area contributed by atoms with Crippen LogP contribution in [0.4, 0.5) is 4.79 Å². The number of carbonyl (C=O) groups excluding carboxylic acids is 2. The standard InChI is InChI=1S/C15H24N4O2/c1-3-9-18(10-8-16)11-19-13(20)15(17-14(19)21)6-4-12(2)5-7-15/h12H,3-7,9-11H2,1-2H3,(H,17,21). The van der Waals surface area contributed by atoms with E-state index in [0.717, 1.165) is 32.1 Å². The van der Waals surface area contributed by atoms with Crippen molar-refractivity contribution in [3.63, 3.8) is 0 Å². The monoisotopic (exact) mass is 292 g/mol. The largest absolute Gasteiger partial charge is 0.326 e. The van der Waals surface area contributed by atoms with Crippen LogP contribution in [-0.2, 0) is 4.79 Å². The Hall–Kier alpha value is -1.61. The Bertz CT molecular complexity index is 449. The van der Waals surface area contributed by atoms with Gasteiger partial charge in [-0.2, -0.15) is 5.26 Å². The molecule has 2 fully saturated rings. The zero-order valence-electron chi connectivity index (χ0n) is 12.9. The highest BCUT2D eigenvalue weighted by molar-refractivity contribution is 6.07. The van der Waals surface area contributed by atoms with Gasteiger partial charge in [0.2, 0.25) is 0 Å². The third-order valence-electron chi connectivity index (χ3n) is 4.55. The van der Waals surface area contributed by atoms with Gasteiger partial charge in [0.1, 0.15) is 5.54 Å². The summed E-state index contributed by atoms with van der Waals surface area (Å²) in [5.41, 5.74) is -0.686. The summed E-state index contributed by atoms with van der Waals surface area (Å²) < 4.78 is 0. The van der Waals surface area contributed by atoms with Gasteiger partial charge in [0, 0.05) is 6.54 Å². The highest BCUT2D eigenvalue weighted by Crippen LogP contribution is 2.36. The number of amides is 3. The van der Waals surface area contributed by atoms with Crippen LogP contribution < -0.4 is 5.32 Å². The van der Waals surface area contributed by atoms with Crippen molar-refractivity contribution in [2.45, 2.75) is 51.5 Å². The van der Waals surface area contributed by atoms with Crippen molar-refractivity contribution in [3.8, 4) is 6.07 Å². The molecular weight excluding hydrogens is 268 g/mol. The Morgan fingerprint density at radius 3 is 2.67 bits per heavy atom. The van der Waals surface area contributed by atoms with Gasteiger partial charge in [-0.1, -0.05) is 13.8 Å². The van der Waals surface area contributed by atoms with E-state index in [0.29, 0.717) is 12.5 Å². The second-order valence-corrected chi connectivity index (χ2v) is 6.28. The SMILES string of the molecule is CCCN(CC#N)CN1C(=O)NC2(CCC(C)CC2)C1=O. The van der Waals surface area contributed by atoms with Crippen LogP contribution in [0.3, 0.4) is 0 Å². The van der Waals surface area contributed by atoms with Gasteiger partial charge in [-0.25, -0.2) is 9.69 Å². The summed E-state index contributed by atoms with van der Waals surface area (Å²) in [5.74, 6) is 0.503. The molecule has 1 N–H and O–H groups in total. The molecule has 1 heterocycles. The number of carbonyl (C=O) groups is 2. The van der Waals surface area contributed by atoms with Gasteiger partial charge >= 0.3 is 6.03 Å². The summed E-state index contributed by atoms with van der Waals surface area (Å²) in [7, 11) is 0. The summed E-state index contributed by atoms with van der Waals surface area (Å²) >= 11 is 0. The van der Waals surface area contributed by atoms with E-state index in [1.54, 1.807) is 0 Å². The molecule has 1 aliphatic carbocycles. The van der Waals surface area contributed by atoms with E-state index >= 15 is 0 Å². The van der Waals surface area contributed by atoms with Gasteiger partial charge in [-0.05, 0) is 38.0 Å². The number of hydrogen-bond donors (Lipinski definition) is 1. The van der Waals surface area contributed by atoms with Crippen molar-refractivity contribution in [3.05, 3.63) is 0 Å². The Morgan fingerprint density at radius 1 is 1.43 bits per heavy atom. The number of imide groups is 1. The maximum Gasteiger partial charge on any atom is 0.326 e. The predicted octanol–water partition coefficient (Wildman–Crippen LogP) is 1.68. The molecule has 1 spiro atoms. The van der Waals surface area contributed by atoms with Crippen molar-refractivity contribution >= 4 is 11.9 Å². The average molecular weight is 292 g/mol. The Morgan fingerprint density at radius 2 is 2.10 bits per heavy atom. The van der Waals surface area contributed by atoms with Gasteiger partial charge in [0.15, 0.2) is 0 Å². The number of nitrogens with one attached hydrogen (secondary N) is 1. The molecule has 0 aromatic carbocycles. The molecule has 21 heavy (non-hydrogen) atoms. The lowest BCUT2D eigenvalue weighted by molar-refractivity contribution is -0.134. The topological polar surface area (TPSA) is 76.4 Å². The van der Waals surface area contributed by atoms with Gasteiger partial charge < -0.3 is 5.32 Å². The molecular formula is C15H24N4O2. The summed E-state index contributed by atoms with van der Waals surface area (Å²) in [6.07, 6.45) is 4.27. The third-order valence-corrected chi connectivity index (χ3v) is 4.55. The normalized spacial score (nSPS) is 29.0. The molecule has 0 atom stereocenters. The minimum Gasteiger partial charge on any atom is -0.323 e. The summed E-state index contributed by atoms with van der Waals surface area (Å²) in [5, 5.41) is 11.8. The van der Waals surface area contributed by atoms with E-state index in [2.05, 4.69) is 18.3 Å².